The minimum Gasteiger partial charge on any atom is -0.228 e. The van der Waals surface area contributed by atoms with E-state index < -0.39 is 15.1 Å². The molecule has 2 aromatic rings. The van der Waals surface area contributed by atoms with Gasteiger partial charge in [0.25, 0.3) is 0 Å². The summed E-state index contributed by atoms with van der Waals surface area (Å²) in [6.45, 7) is 4.45. The second-order valence-corrected chi connectivity index (χ2v) is 10.6. The molecule has 2 unspecified atom stereocenters. The summed E-state index contributed by atoms with van der Waals surface area (Å²) in [5.74, 6) is 1.79. The van der Waals surface area contributed by atoms with E-state index in [1.54, 1.807) is 10.8 Å². The quantitative estimate of drug-likeness (QED) is 0.558. The molecule has 2 aromatic carbocycles. The third-order valence-electron chi connectivity index (χ3n) is 3.90. The van der Waals surface area contributed by atoms with Crippen LogP contribution in [0.15, 0.2) is 59.5 Å². The first kappa shape index (κ1) is 19.4. The van der Waals surface area contributed by atoms with E-state index in [-0.39, 0.29) is 0 Å². The average Bonchev–Trinajstić information content (AvgIpc) is 2.55. The largest absolute Gasteiger partial charge is 0.228 e. The molecule has 2 atom stereocenters. The van der Waals surface area contributed by atoms with Crippen LogP contribution in [-0.2, 0) is 9.84 Å². The van der Waals surface area contributed by atoms with Crippen molar-refractivity contribution in [2.75, 3.05) is 12.0 Å². The molecule has 0 fully saturated rings. The zero-order chi connectivity index (χ0) is 17.6. The van der Waals surface area contributed by atoms with Gasteiger partial charge >= 0.3 is 0 Å². The topological polar surface area (TPSA) is 34.1 Å². The Kier molecular flexibility index (Phi) is 7.26. The zero-order valence-corrected chi connectivity index (χ0v) is 16.8. The summed E-state index contributed by atoms with van der Waals surface area (Å²) >= 11 is 0. The van der Waals surface area contributed by atoms with Crippen molar-refractivity contribution in [3.63, 3.8) is 0 Å². The maximum Gasteiger partial charge on any atom is 0.158 e. The first-order valence-electron chi connectivity index (χ1n) is 8.05. The summed E-state index contributed by atoms with van der Waals surface area (Å²) in [5, 5.41) is -0.612. The van der Waals surface area contributed by atoms with Gasteiger partial charge < -0.3 is 0 Å². The summed E-state index contributed by atoms with van der Waals surface area (Å²) in [7, 11) is 0.312. The maximum atomic E-state index is 12.4. The van der Waals surface area contributed by atoms with Crippen molar-refractivity contribution in [3.05, 3.63) is 65.7 Å². The van der Waals surface area contributed by atoms with E-state index >= 15 is 0 Å². The van der Waals surface area contributed by atoms with E-state index in [0.29, 0.717) is 5.92 Å². The van der Waals surface area contributed by atoms with Gasteiger partial charge in [-0.3, -0.25) is 0 Å². The van der Waals surface area contributed by atoms with Crippen molar-refractivity contribution >= 4 is 31.4 Å². The Morgan fingerprint density at radius 2 is 1.67 bits per heavy atom. The van der Waals surface area contributed by atoms with Crippen molar-refractivity contribution in [3.8, 4) is 0 Å². The highest BCUT2D eigenvalue weighted by Gasteiger charge is 2.25. The Hall–Kier alpha value is -0.910. The lowest BCUT2D eigenvalue weighted by Gasteiger charge is -2.17. The fourth-order valence-electron chi connectivity index (χ4n) is 2.38. The van der Waals surface area contributed by atoms with Crippen LogP contribution in [0.25, 0.3) is 0 Å². The Morgan fingerprint density at radius 3 is 2.29 bits per heavy atom. The van der Waals surface area contributed by atoms with Gasteiger partial charge in [0.15, 0.2) is 9.84 Å². The number of hydrogen-bond donors (Lipinski definition) is 0. The van der Waals surface area contributed by atoms with E-state index in [4.69, 9.17) is 0 Å². The van der Waals surface area contributed by atoms with Crippen molar-refractivity contribution in [2.45, 2.75) is 30.4 Å². The van der Waals surface area contributed by atoms with E-state index in [9.17, 15) is 8.42 Å². The fourth-order valence-corrected chi connectivity index (χ4v) is 6.28. The second kappa shape index (κ2) is 8.97. The molecule has 5 heteroatoms. The summed E-state index contributed by atoms with van der Waals surface area (Å²) in [4.78, 5) is 1.10. The van der Waals surface area contributed by atoms with Crippen LogP contribution in [0.1, 0.15) is 36.6 Å². The van der Waals surface area contributed by atoms with Gasteiger partial charge in [-0.1, -0.05) is 84.3 Å². The number of sulfone groups is 1. The standard InChI is InChI=1S/C19H24O2S3/c1-4-15(2)14-22-23-18-12-8-11-17(13-18)19(24(3,20)21)16-9-6-5-7-10-16/h5-13,15,19H,4,14H2,1-3H3. The third-order valence-corrected chi connectivity index (χ3v) is 7.91. The zero-order valence-electron chi connectivity index (χ0n) is 14.3. The average molecular weight is 381 g/mol. The molecule has 2 rings (SSSR count). The van der Waals surface area contributed by atoms with Crippen LogP contribution in [-0.4, -0.2) is 20.4 Å². The SMILES string of the molecule is CCC(C)CSSc1cccc(C(c2ccccc2)S(C)(=O)=O)c1. The van der Waals surface area contributed by atoms with E-state index in [1.807, 2.05) is 65.4 Å². The minimum atomic E-state index is -3.24. The maximum absolute atomic E-state index is 12.4. The van der Waals surface area contributed by atoms with Crippen LogP contribution in [0.2, 0.25) is 0 Å². The predicted octanol–water partition coefficient (Wildman–Crippen LogP) is 5.61. The smallest absolute Gasteiger partial charge is 0.158 e. The van der Waals surface area contributed by atoms with Gasteiger partial charge in [0.05, 0.1) is 0 Å². The molecular weight excluding hydrogens is 356 g/mol. The molecule has 0 N–H and O–H groups in total. The summed E-state index contributed by atoms with van der Waals surface area (Å²) in [6.07, 6.45) is 2.49. The highest BCUT2D eigenvalue weighted by molar-refractivity contribution is 8.76. The first-order chi connectivity index (χ1) is 11.4. The molecule has 0 spiro atoms. The predicted molar refractivity (Wildman–Crippen MR) is 107 cm³/mol. The Bertz CT molecular complexity index is 742. The molecule has 2 nitrogen and oxygen atoms in total. The van der Waals surface area contributed by atoms with Gasteiger partial charge in [0, 0.05) is 16.9 Å². The molecule has 0 aliphatic carbocycles. The molecular formula is C19H24O2S3. The lowest BCUT2D eigenvalue weighted by Crippen LogP contribution is -2.13. The highest BCUT2D eigenvalue weighted by Crippen LogP contribution is 2.36. The van der Waals surface area contributed by atoms with Gasteiger partial charge in [-0.25, -0.2) is 8.42 Å². The lowest BCUT2D eigenvalue weighted by atomic mass is 10.0. The summed E-state index contributed by atoms with van der Waals surface area (Å²) in [5.41, 5.74) is 1.65. The lowest BCUT2D eigenvalue weighted by molar-refractivity contribution is 0.595. The number of benzene rings is 2. The molecule has 0 heterocycles. The molecule has 0 aromatic heterocycles. The molecule has 0 amide bonds. The third kappa shape index (κ3) is 5.57. The first-order valence-corrected chi connectivity index (χ1v) is 12.3. The van der Waals surface area contributed by atoms with E-state index in [0.717, 1.165) is 21.8 Å². The molecule has 0 aliphatic rings. The van der Waals surface area contributed by atoms with E-state index in [2.05, 4.69) is 13.8 Å². The van der Waals surface area contributed by atoms with Gasteiger partial charge in [0.2, 0.25) is 0 Å². The molecule has 130 valence electrons. The van der Waals surface area contributed by atoms with Gasteiger partial charge in [-0.2, -0.15) is 0 Å². The van der Waals surface area contributed by atoms with Gasteiger partial charge in [0.1, 0.15) is 5.25 Å². The van der Waals surface area contributed by atoms with Crippen molar-refractivity contribution in [2.24, 2.45) is 5.92 Å². The van der Waals surface area contributed by atoms with Crippen LogP contribution in [0, 0.1) is 5.92 Å². The number of hydrogen-bond acceptors (Lipinski definition) is 4. The normalized spacial score (nSPS) is 14.3. The molecule has 0 radical (unpaired) electrons. The second-order valence-electron chi connectivity index (χ2n) is 6.07. The van der Waals surface area contributed by atoms with Crippen molar-refractivity contribution in [1.29, 1.82) is 0 Å². The molecule has 24 heavy (non-hydrogen) atoms. The Labute approximate surface area is 153 Å². The van der Waals surface area contributed by atoms with Crippen LogP contribution in [0.5, 0.6) is 0 Å². The van der Waals surface area contributed by atoms with Crippen LogP contribution in [0.3, 0.4) is 0 Å². The van der Waals surface area contributed by atoms with Crippen LogP contribution < -0.4 is 0 Å². The highest BCUT2D eigenvalue weighted by atomic mass is 33.1. The fraction of sp³-hybridized carbons (Fsp3) is 0.368. The monoisotopic (exact) mass is 380 g/mol. The minimum absolute atomic E-state index is 0.612. The molecule has 0 aliphatic heterocycles. The Morgan fingerprint density at radius 1 is 1.00 bits per heavy atom. The summed E-state index contributed by atoms with van der Waals surface area (Å²) < 4.78 is 24.7. The van der Waals surface area contributed by atoms with Crippen LogP contribution in [0.4, 0.5) is 0 Å². The van der Waals surface area contributed by atoms with Gasteiger partial charge in [-0.05, 0) is 29.2 Å². The molecule has 0 bridgehead atoms. The summed E-state index contributed by atoms with van der Waals surface area (Å²) in [6, 6.07) is 17.3. The molecule has 0 saturated carbocycles. The van der Waals surface area contributed by atoms with Crippen molar-refractivity contribution in [1.82, 2.24) is 0 Å². The van der Waals surface area contributed by atoms with Crippen molar-refractivity contribution < 1.29 is 8.42 Å². The van der Waals surface area contributed by atoms with Crippen LogP contribution >= 0.6 is 21.6 Å². The van der Waals surface area contributed by atoms with Gasteiger partial charge in [-0.15, -0.1) is 0 Å². The van der Waals surface area contributed by atoms with E-state index in [1.165, 1.54) is 12.7 Å². The number of rotatable bonds is 8. The molecule has 0 saturated heterocycles. The Balaban J connectivity index is 2.24.